The van der Waals surface area contributed by atoms with Gasteiger partial charge in [0.15, 0.2) is 0 Å². The standard InChI is InChI=1S/C10H14O2/c1-6(11)4-10(2)5-7-3-8(7)9(10)12/h7-8H,3-5H2,1-2H3/t7-,8-,10-/m0/s1. The van der Waals surface area contributed by atoms with E-state index < -0.39 is 0 Å². The Kier molecular flexibility index (Phi) is 1.45. The van der Waals surface area contributed by atoms with Crippen LogP contribution < -0.4 is 0 Å². The van der Waals surface area contributed by atoms with Crippen molar-refractivity contribution in [3.8, 4) is 0 Å². The molecule has 2 heteroatoms. The molecule has 12 heavy (non-hydrogen) atoms. The molecule has 0 radical (unpaired) electrons. The van der Waals surface area contributed by atoms with Gasteiger partial charge in [-0.15, -0.1) is 0 Å². The Morgan fingerprint density at radius 3 is 2.75 bits per heavy atom. The van der Waals surface area contributed by atoms with Gasteiger partial charge in [-0.05, 0) is 25.7 Å². The molecule has 0 unspecified atom stereocenters. The SMILES string of the molecule is CC(=O)C[C@@]1(C)C[C@@H]2C[C@@H]2C1=O. The van der Waals surface area contributed by atoms with Gasteiger partial charge >= 0.3 is 0 Å². The lowest BCUT2D eigenvalue weighted by atomic mass is 9.80. The van der Waals surface area contributed by atoms with Crippen LogP contribution in [-0.4, -0.2) is 11.6 Å². The highest BCUT2D eigenvalue weighted by Crippen LogP contribution is 2.58. The Balaban J connectivity index is 2.12. The number of carbonyl (C=O) groups excluding carboxylic acids is 2. The van der Waals surface area contributed by atoms with Gasteiger partial charge in [0, 0.05) is 17.8 Å². The zero-order valence-electron chi connectivity index (χ0n) is 7.59. The van der Waals surface area contributed by atoms with Crippen molar-refractivity contribution in [2.75, 3.05) is 0 Å². The van der Waals surface area contributed by atoms with Gasteiger partial charge in [-0.1, -0.05) is 6.92 Å². The molecule has 0 spiro atoms. The van der Waals surface area contributed by atoms with E-state index in [9.17, 15) is 9.59 Å². The minimum atomic E-state index is -0.292. The zero-order chi connectivity index (χ0) is 8.93. The molecule has 0 aliphatic heterocycles. The maximum atomic E-state index is 11.7. The van der Waals surface area contributed by atoms with Crippen molar-refractivity contribution in [1.29, 1.82) is 0 Å². The molecule has 0 amide bonds. The van der Waals surface area contributed by atoms with Crippen molar-refractivity contribution in [2.24, 2.45) is 17.3 Å². The first-order valence-electron chi connectivity index (χ1n) is 4.57. The fraction of sp³-hybridized carbons (Fsp3) is 0.800. The van der Waals surface area contributed by atoms with Crippen molar-refractivity contribution >= 4 is 11.6 Å². The second kappa shape index (κ2) is 2.18. The van der Waals surface area contributed by atoms with Gasteiger partial charge < -0.3 is 0 Å². The smallest absolute Gasteiger partial charge is 0.142 e. The second-order valence-corrected chi connectivity index (χ2v) is 4.61. The number of hydrogen-bond acceptors (Lipinski definition) is 2. The maximum Gasteiger partial charge on any atom is 0.142 e. The van der Waals surface area contributed by atoms with Crippen LogP contribution in [0.25, 0.3) is 0 Å². The van der Waals surface area contributed by atoms with Crippen LogP contribution in [0.3, 0.4) is 0 Å². The summed E-state index contributed by atoms with van der Waals surface area (Å²) in [4.78, 5) is 22.6. The van der Waals surface area contributed by atoms with Gasteiger partial charge in [0.1, 0.15) is 11.6 Å². The first-order valence-corrected chi connectivity index (χ1v) is 4.57. The summed E-state index contributed by atoms with van der Waals surface area (Å²) < 4.78 is 0. The van der Waals surface area contributed by atoms with E-state index in [1.54, 1.807) is 6.92 Å². The summed E-state index contributed by atoms with van der Waals surface area (Å²) in [6.45, 7) is 3.52. The third-order valence-electron chi connectivity index (χ3n) is 3.21. The summed E-state index contributed by atoms with van der Waals surface area (Å²) in [5, 5.41) is 0. The molecule has 0 saturated heterocycles. The molecule has 2 saturated carbocycles. The largest absolute Gasteiger partial charge is 0.300 e. The third-order valence-corrected chi connectivity index (χ3v) is 3.21. The molecule has 0 bridgehead atoms. The highest BCUT2D eigenvalue weighted by Gasteiger charge is 2.58. The van der Waals surface area contributed by atoms with E-state index in [0.29, 0.717) is 24.0 Å². The molecule has 0 aromatic rings. The monoisotopic (exact) mass is 166 g/mol. The number of Topliss-reactive ketones (excluding diaryl/α,β-unsaturated/α-hetero) is 2. The second-order valence-electron chi connectivity index (χ2n) is 4.61. The van der Waals surface area contributed by atoms with Crippen molar-refractivity contribution in [3.63, 3.8) is 0 Å². The van der Waals surface area contributed by atoms with Gasteiger partial charge in [-0.3, -0.25) is 9.59 Å². The molecule has 2 aliphatic carbocycles. The van der Waals surface area contributed by atoms with Gasteiger partial charge in [0.05, 0.1) is 0 Å². The van der Waals surface area contributed by atoms with Crippen molar-refractivity contribution < 1.29 is 9.59 Å². The third kappa shape index (κ3) is 1.01. The number of fused-ring (bicyclic) bond motifs is 1. The molecule has 0 heterocycles. The molecule has 0 aromatic heterocycles. The molecule has 2 rings (SSSR count). The molecular formula is C10H14O2. The number of ketones is 2. The van der Waals surface area contributed by atoms with Crippen LogP contribution >= 0.6 is 0 Å². The minimum Gasteiger partial charge on any atom is -0.300 e. The maximum absolute atomic E-state index is 11.7. The summed E-state index contributed by atoms with van der Waals surface area (Å²) >= 11 is 0. The van der Waals surface area contributed by atoms with Crippen LogP contribution in [0.15, 0.2) is 0 Å². The molecule has 0 aromatic carbocycles. The van der Waals surface area contributed by atoms with Crippen LogP contribution in [0.5, 0.6) is 0 Å². The molecule has 2 aliphatic rings. The minimum absolute atomic E-state index is 0.146. The van der Waals surface area contributed by atoms with Gasteiger partial charge in [-0.25, -0.2) is 0 Å². The first kappa shape index (κ1) is 7.96. The molecule has 3 atom stereocenters. The Labute approximate surface area is 72.3 Å². The first-order chi connectivity index (χ1) is 5.53. The predicted octanol–water partition coefficient (Wildman–Crippen LogP) is 1.58. The van der Waals surface area contributed by atoms with Gasteiger partial charge in [0.2, 0.25) is 0 Å². The summed E-state index contributed by atoms with van der Waals surface area (Å²) in [7, 11) is 0. The van der Waals surface area contributed by atoms with Gasteiger partial charge in [-0.2, -0.15) is 0 Å². The lowest BCUT2D eigenvalue weighted by molar-refractivity contribution is -0.131. The topological polar surface area (TPSA) is 34.1 Å². The van der Waals surface area contributed by atoms with Crippen molar-refractivity contribution in [3.05, 3.63) is 0 Å². The molecule has 2 nitrogen and oxygen atoms in total. The lowest BCUT2D eigenvalue weighted by Crippen LogP contribution is -2.27. The van der Waals surface area contributed by atoms with Crippen molar-refractivity contribution in [2.45, 2.75) is 33.1 Å². The summed E-state index contributed by atoms with van der Waals surface area (Å²) in [5.74, 6) is 1.45. The van der Waals surface area contributed by atoms with Crippen LogP contribution in [0.1, 0.15) is 33.1 Å². The number of carbonyl (C=O) groups is 2. The molecular weight excluding hydrogens is 152 g/mol. The van der Waals surface area contributed by atoms with Crippen LogP contribution in [0.4, 0.5) is 0 Å². The Bertz CT molecular complexity index is 257. The fourth-order valence-electron chi connectivity index (χ4n) is 2.63. The number of rotatable bonds is 2. The molecule has 66 valence electrons. The fourth-order valence-corrected chi connectivity index (χ4v) is 2.63. The Morgan fingerprint density at radius 2 is 2.33 bits per heavy atom. The van der Waals surface area contributed by atoms with E-state index in [-0.39, 0.29) is 11.2 Å². The quantitative estimate of drug-likeness (QED) is 0.624. The van der Waals surface area contributed by atoms with Crippen LogP contribution in [0.2, 0.25) is 0 Å². The normalized spacial score (nSPS) is 44.3. The lowest BCUT2D eigenvalue weighted by Gasteiger charge is -2.22. The highest BCUT2D eigenvalue weighted by molar-refractivity contribution is 5.95. The Hall–Kier alpha value is -0.660. The van der Waals surface area contributed by atoms with Crippen LogP contribution in [-0.2, 0) is 9.59 Å². The highest BCUT2D eigenvalue weighted by atomic mass is 16.1. The molecule has 0 N–H and O–H groups in total. The van der Waals surface area contributed by atoms with E-state index >= 15 is 0 Å². The summed E-state index contributed by atoms with van der Waals surface area (Å²) in [5.41, 5.74) is -0.292. The van der Waals surface area contributed by atoms with E-state index in [4.69, 9.17) is 0 Å². The van der Waals surface area contributed by atoms with E-state index in [1.165, 1.54) is 0 Å². The Morgan fingerprint density at radius 1 is 1.67 bits per heavy atom. The zero-order valence-corrected chi connectivity index (χ0v) is 7.59. The summed E-state index contributed by atoms with van der Waals surface area (Å²) in [6.07, 6.45) is 2.50. The average molecular weight is 166 g/mol. The van der Waals surface area contributed by atoms with E-state index in [2.05, 4.69) is 0 Å². The van der Waals surface area contributed by atoms with Crippen molar-refractivity contribution in [1.82, 2.24) is 0 Å². The van der Waals surface area contributed by atoms with Crippen LogP contribution in [0, 0.1) is 17.3 Å². The van der Waals surface area contributed by atoms with E-state index in [0.717, 1.165) is 12.8 Å². The van der Waals surface area contributed by atoms with Gasteiger partial charge in [0.25, 0.3) is 0 Å². The average Bonchev–Trinajstić information content (AvgIpc) is 2.58. The summed E-state index contributed by atoms with van der Waals surface area (Å²) in [6, 6.07) is 0. The van der Waals surface area contributed by atoms with E-state index in [1.807, 2.05) is 6.92 Å². The number of hydrogen-bond donors (Lipinski definition) is 0. The molecule has 2 fully saturated rings. The predicted molar refractivity (Wildman–Crippen MR) is 44.6 cm³/mol.